The van der Waals surface area contributed by atoms with Gasteiger partial charge >= 0.3 is 0 Å². The average molecular weight is 196 g/mol. The number of amides is 1. The highest BCUT2D eigenvalue weighted by atomic mass is 16.1. The Morgan fingerprint density at radius 1 is 1.64 bits per heavy atom. The molecule has 1 N–H and O–H groups in total. The summed E-state index contributed by atoms with van der Waals surface area (Å²) in [6, 6.07) is 0. The van der Waals surface area contributed by atoms with Crippen molar-refractivity contribution in [2.75, 3.05) is 7.05 Å². The van der Waals surface area contributed by atoms with E-state index >= 15 is 0 Å². The molecule has 0 aromatic carbocycles. The Morgan fingerprint density at radius 3 is 3.07 bits per heavy atom. The fraction of sp³-hybridized carbons (Fsp3) is 0.667. The number of rotatable bonds is 5. The Morgan fingerprint density at radius 2 is 2.43 bits per heavy atom. The summed E-state index contributed by atoms with van der Waals surface area (Å²) in [5.41, 5.74) is 0.877. The van der Waals surface area contributed by atoms with Gasteiger partial charge in [-0.2, -0.15) is 0 Å². The third-order valence-electron chi connectivity index (χ3n) is 1.93. The number of aromatic nitrogens is 3. The normalized spacial score (nSPS) is 10.1. The fourth-order valence-corrected chi connectivity index (χ4v) is 1.16. The standard InChI is InChI=1S/C9H16N4O/c1-3-6-13-7-8(11-12-13)4-5-9(14)10-2/h7H,3-6H2,1-2H3,(H,10,14). The molecule has 1 aromatic heterocycles. The van der Waals surface area contributed by atoms with Crippen molar-refractivity contribution < 1.29 is 4.79 Å². The van der Waals surface area contributed by atoms with Crippen LogP contribution in [0.1, 0.15) is 25.5 Å². The third-order valence-corrected chi connectivity index (χ3v) is 1.93. The Bertz CT molecular complexity index is 295. The molecule has 0 saturated heterocycles. The summed E-state index contributed by atoms with van der Waals surface area (Å²) in [4.78, 5) is 11.0. The lowest BCUT2D eigenvalue weighted by Crippen LogP contribution is -2.17. The first kappa shape index (κ1) is 10.7. The van der Waals surface area contributed by atoms with Crippen molar-refractivity contribution in [1.29, 1.82) is 0 Å². The molecule has 0 aliphatic rings. The first-order chi connectivity index (χ1) is 6.76. The summed E-state index contributed by atoms with van der Waals surface area (Å²) in [6.45, 7) is 2.97. The number of nitrogens with one attached hydrogen (secondary N) is 1. The van der Waals surface area contributed by atoms with Gasteiger partial charge in [0.05, 0.1) is 5.69 Å². The summed E-state index contributed by atoms with van der Waals surface area (Å²) in [7, 11) is 1.64. The molecule has 5 nitrogen and oxygen atoms in total. The zero-order valence-electron chi connectivity index (χ0n) is 8.66. The van der Waals surface area contributed by atoms with Crippen LogP contribution in [-0.2, 0) is 17.8 Å². The third kappa shape index (κ3) is 3.16. The quantitative estimate of drug-likeness (QED) is 0.740. The van der Waals surface area contributed by atoms with Gasteiger partial charge in [-0.15, -0.1) is 5.10 Å². The molecule has 0 fully saturated rings. The van der Waals surface area contributed by atoms with Crippen LogP contribution in [0.3, 0.4) is 0 Å². The first-order valence-electron chi connectivity index (χ1n) is 4.86. The number of hydrogen-bond donors (Lipinski definition) is 1. The minimum Gasteiger partial charge on any atom is -0.359 e. The van der Waals surface area contributed by atoms with Crippen molar-refractivity contribution in [1.82, 2.24) is 20.3 Å². The number of carbonyl (C=O) groups is 1. The van der Waals surface area contributed by atoms with E-state index in [0.29, 0.717) is 12.8 Å². The number of nitrogens with zero attached hydrogens (tertiary/aromatic N) is 3. The van der Waals surface area contributed by atoms with Crippen LogP contribution in [0.15, 0.2) is 6.20 Å². The summed E-state index contributed by atoms with van der Waals surface area (Å²) >= 11 is 0. The largest absolute Gasteiger partial charge is 0.359 e. The highest BCUT2D eigenvalue weighted by Crippen LogP contribution is 1.98. The van der Waals surface area contributed by atoms with Crippen LogP contribution >= 0.6 is 0 Å². The van der Waals surface area contributed by atoms with E-state index in [9.17, 15) is 4.79 Å². The molecular weight excluding hydrogens is 180 g/mol. The zero-order valence-corrected chi connectivity index (χ0v) is 8.66. The molecule has 0 spiro atoms. The number of hydrogen-bond acceptors (Lipinski definition) is 3. The van der Waals surface area contributed by atoms with Gasteiger partial charge in [0.1, 0.15) is 0 Å². The maximum absolute atomic E-state index is 11.0. The molecule has 1 heterocycles. The van der Waals surface area contributed by atoms with Crippen molar-refractivity contribution in [2.24, 2.45) is 0 Å². The van der Waals surface area contributed by atoms with Gasteiger partial charge in [-0.05, 0) is 6.42 Å². The minimum atomic E-state index is 0.0371. The van der Waals surface area contributed by atoms with Crippen LogP contribution in [0.2, 0.25) is 0 Å². The van der Waals surface area contributed by atoms with E-state index in [1.54, 1.807) is 11.7 Å². The van der Waals surface area contributed by atoms with Crippen molar-refractivity contribution in [3.63, 3.8) is 0 Å². The van der Waals surface area contributed by atoms with Crippen molar-refractivity contribution in [3.05, 3.63) is 11.9 Å². The molecule has 1 rings (SSSR count). The van der Waals surface area contributed by atoms with Gasteiger partial charge < -0.3 is 5.32 Å². The molecule has 0 aliphatic carbocycles. The Kier molecular flexibility index (Phi) is 4.10. The fourth-order valence-electron chi connectivity index (χ4n) is 1.16. The van der Waals surface area contributed by atoms with Gasteiger partial charge in [0, 0.05) is 32.6 Å². The highest BCUT2D eigenvalue weighted by Gasteiger charge is 2.03. The lowest BCUT2D eigenvalue weighted by atomic mass is 10.2. The molecule has 78 valence electrons. The van der Waals surface area contributed by atoms with Gasteiger partial charge in [-0.1, -0.05) is 12.1 Å². The van der Waals surface area contributed by atoms with E-state index in [4.69, 9.17) is 0 Å². The Hall–Kier alpha value is -1.39. The second kappa shape index (κ2) is 5.36. The molecule has 0 saturated carbocycles. The second-order valence-electron chi connectivity index (χ2n) is 3.15. The molecule has 0 bridgehead atoms. The second-order valence-corrected chi connectivity index (χ2v) is 3.15. The van der Waals surface area contributed by atoms with E-state index in [2.05, 4.69) is 22.6 Å². The maximum atomic E-state index is 11.0. The molecule has 0 unspecified atom stereocenters. The number of aryl methyl sites for hydroxylation is 2. The summed E-state index contributed by atoms with van der Waals surface area (Å²) in [6.07, 6.45) is 4.06. The van der Waals surface area contributed by atoms with Gasteiger partial charge in [-0.25, -0.2) is 0 Å². The van der Waals surface area contributed by atoms with Crippen LogP contribution < -0.4 is 5.32 Å². The minimum absolute atomic E-state index is 0.0371. The lowest BCUT2D eigenvalue weighted by Gasteiger charge is -1.95. The molecule has 0 radical (unpaired) electrons. The van der Waals surface area contributed by atoms with Crippen LogP contribution in [0.4, 0.5) is 0 Å². The monoisotopic (exact) mass is 196 g/mol. The van der Waals surface area contributed by atoms with Crippen molar-refractivity contribution in [2.45, 2.75) is 32.7 Å². The average Bonchev–Trinajstić information content (AvgIpc) is 2.63. The smallest absolute Gasteiger partial charge is 0.220 e. The van der Waals surface area contributed by atoms with Crippen molar-refractivity contribution in [3.8, 4) is 0 Å². The molecule has 1 amide bonds. The first-order valence-corrected chi connectivity index (χ1v) is 4.86. The van der Waals surface area contributed by atoms with Gasteiger partial charge in [0.2, 0.25) is 5.91 Å². The van der Waals surface area contributed by atoms with Crippen LogP contribution in [-0.4, -0.2) is 27.9 Å². The van der Waals surface area contributed by atoms with Gasteiger partial charge in [-0.3, -0.25) is 9.48 Å². The van der Waals surface area contributed by atoms with Crippen LogP contribution in [0, 0.1) is 0 Å². The van der Waals surface area contributed by atoms with Crippen LogP contribution in [0.25, 0.3) is 0 Å². The molecule has 1 aromatic rings. The van der Waals surface area contributed by atoms with Gasteiger partial charge in [0.25, 0.3) is 0 Å². The van der Waals surface area contributed by atoms with E-state index in [1.807, 2.05) is 6.20 Å². The molecule has 5 heteroatoms. The molecule has 14 heavy (non-hydrogen) atoms. The Labute approximate surface area is 83.5 Å². The van der Waals surface area contributed by atoms with E-state index < -0.39 is 0 Å². The van der Waals surface area contributed by atoms with E-state index in [1.165, 1.54) is 0 Å². The Balaban J connectivity index is 2.39. The lowest BCUT2D eigenvalue weighted by molar-refractivity contribution is -0.120. The summed E-state index contributed by atoms with van der Waals surface area (Å²) in [5, 5.41) is 10.5. The van der Waals surface area contributed by atoms with E-state index in [-0.39, 0.29) is 5.91 Å². The summed E-state index contributed by atoms with van der Waals surface area (Å²) in [5.74, 6) is 0.0371. The SMILES string of the molecule is CCCn1cc(CCC(=O)NC)nn1. The predicted molar refractivity (Wildman–Crippen MR) is 52.7 cm³/mol. The molecule has 0 atom stereocenters. The topological polar surface area (TPSA) is 59.8 Å². The number of carbonyl (C=O) groups excluding carboxylic acids is 1. The zero-order chi connectivity index (χ0) is 10.4. The van der Waals surface area contributed by atoms with Gasteiger partial charge in [0.15, 0.2) is 0 Å². The van der Waals surface area contributed by atoms with E-state index in [0.717, 1.165) is 18.7 Å². The van der Waals surface area contributed by atoms with Crippen LogP contribution in [0.5, 0.6) is 0 Å². The highest BCUT2D eigenvalue weighted by molar-refractivity contribution is 5.75. The molecular formula is C9H16N4O. The molecule has 0 aliphatic heterocycles. The maximum Gasteiger partial charge on any atom is 0.220 e. The summed E-state index contributed by atoms with van der Waals surface area (Å²) < 4.78 is 1.80. The van der Waals surface area contributed by atoms with Crippen molar-refractivity contribution >= 4 is 5.91 Å². The predicted octanol–water partition coefficient (Wildman–Crippen LogP) is 0.367.